The number of halogens is 1. The number of aliphatic hydroxyl groups is 1. The van der Waals surface area contributed by atoms with Crippen molar-refractivity contribution in [2.24, 2.45) is 0 Å². The number of aliphatic hydroxyl groups excluding tert-OH is 1. The van der Waals surface area contributed by atoms with E-state index in [0.717, 1.165) is 0 Å². The molecule has 0 aliphatic rings. The van der Waals surface area contributed by atoms with Gasteiger partial charge in [0.15, 0.2) is 0 Å². The average molecular weight is 332 g/mol. The maximum atomic E-state index is 9.46. The van der Waals surface area contributed by atoms with Crippen LogP contribution in [0.25, 0.3) is 0 Å². The van der Waals surface area contributed by atoms with Crippen molar-refractivity contribution in [2.45, 2.75) is 45.4 Å². The smallest absolute Gasteiger partial charge is 0.0522 e. The van der Waals surface area contributed by atoms with Crippen molar-refractivity contribution in [3.05, 3.63) is 32.9 Å². The van der Waals surface area contributed by atoms with E-state index in [2.05, 4.69) is 75.4 Å². The maximum absolute atomic E-state index is 9.46. The van der Waals surface area contributed by atoms with Crippen molar-refractivity contribution in [1.82, 2.24) is 0 Å². The van der Waals surface area contributed by atoms with Gasteiger partial charge in [-0.2, -0.15) is 0 Å². The molecular formula is C14H21IO. The standard InChI is InChI=1S/C14H21IO/c1-13(2,3)10-6-7-12(15)11(8-10)14(4,5)9-16/h6-8,16H,9H2,1-5H3. The Balaban J connectivity index is 3.30. The zero-order valence-corrected chi connectivity index (χ0v) is 12.9. The van der Waals surface area contributed by atoms with Crippen LogP contribution in [0.15, 0.2) is 18.2 Å². The van der Waals surface area contributed by atoms with E-state index in [0.29, 0.717) is 0 Å². The van der Waals surface area contributed by atoms with Gasteiger partial charge >= 0.3 is 0 Å². The van der Waals surface area contributed by atoms with E-state index < -0.39 is 0 Å². The Morgan fingerprint density at radius 2 is 1.69 bits per heavy atom. The van der Waals surface area contributed by atoms with Crippen LogP contribution in [-0.2, 0) is 10.8 Å². The molecule has 1 rings (SSSR count). The van der Waals surface area contributed by atoms with E-state index in [1.165, 1.54) is 14.7 Å². The summed E-state index contributed by atoms with van der Waals surface area (Å²) in [7, 11) is 0. The van der Waals surface area contributed by atoms with Gasteiger partial charge in [0.25, 0.3) is 0 Å². The average Bonchev–Trinajstić information content (AvgIpc) is 2.16. The lowest BCUT2D eigenvalue weighted by Gasteiger charge is -2.27. The van der Waals surface area contributed by atoms with E-state index in [1.807, 2.05) is 0 Å². The van der Waals surface area contributed by atoms with E-state index in [4.69, 9.17) is 0 Å². The molecule has 0 unspecified atom stereocenters. The van der Waals surface area contributed by atoms with Crippen LogP contribution in [0.4, 0.5) is 0 Å². The molecule has 0 aromatic heterocycles. The molecule has 0 atom stereocenters. The van der Waals surface area contributed by atoms with Crippen LogP contribution in [0.5, 0.6) is 0 Å². The van der Waals surface area contributed by atoms with Crippen molar-refractivity contribution >= 4 is 22.6 Å². The molecule has 16 heavy (non-hydrogen) atoms. The van der Waals surface area contributed by atoms with Gasteiger partial charge in [-0.05, 0) is 45.2 Å². The van der Waals surface area contributed by atoms with Crippen LogP contribution in [0.3, 0.4) is 0 Å². The Hall–Kier alpha value is -0.0900. The monoisotopic (exact) mass is 332 g/mol. The van der Waals surface area contributed by atoms with Crippen LogP contribution in [0.1, 0.15) is 45.7 Å². The van der Waals surface area contributed by atoms with Crippen LogP contribution >= 0.6 is 22.6 Å². The Labute approximate surface area is 112 Å². The molecule has 0 radical (unpaired) electrons. The zero-order valence-electron chi connectivity index (χ0n) is 10.8. The van der Waals surface area contributed by atoms with Gasteiger partial charge in [0.2, 0.25) is 0 Å². The number of benzene rings is 1. The van der Waals surface area contributed by atoms with Crippen LogP contribution in [-0.4, -0.2) is 11.7 Å². The molecule has 1 N–H and O–H groups in total. The molecule has 1 aromatic carbocycles. The second kappa shape index (κ2) is 4.65. The van der Waals surface area contributed by atoms with Crippen molar-refractivity contribution < 1.29 is 5.11 Å². The summed E-state index contributed by atoms with van der Waals surface area (Å²) in [4.78, 5) is 0. The molecular weight excluding hydrogens is 311 g/mol. The van der Waals surface area contributed by atoms with E-state index in [9.17, 15) is 5.11 Å². The molecule has 0 aliphatic carbocycles. The molecule has 0 aliphatic heterocycles. The highest BCUT2D eigenvalue weighted by atomic mass is 127. The van der Waals surface area contributed by atoms with Gasteiger partial charge in [-0.3, -0.25) is 0 Å². The number of rotatable bonds is 2. The first-order valence-corrected chi connectivity index (χ1v) is 6.68. The molecule has 1 nitrogen and oxygen atoms in total. The minimum atomic E-state index is -0.169. The Kier molecular flexibility index (Phi) is 4.06. The summed E-state index contributed by atoms with van der Waals surface area (Å²) in [5.74, 6) is 0. The van der Waals surface area contributed by atoms with E-state index >= 15 is 0 Å². The second-order valence-corrected chi connectivity index (χ2v) is 7.15. The molecule has 0 saturated carbocycles. The van der Waals surface area contributed by atoms with Crippen LogP contribution < -0.4 is 0 Å². The summed E-state index contributed by atoms with van der Waals surface area (Å²) < 4.78 is 1.23. The third kappa shape index (κ3) is 2.98. The van der Waals surface area contributed by atoms with Crippen molar-refractivity contribution in [3.8, 4) is 0 Å². The predicted octanol–water partition coefficient (Wildman–Crippen LogP) is 3.86. The summed E-state index contributed by atoms with van der Waals surface area (Å²) in [6.45, 7) is 11.0. The van der Waals surface area contributed by atoms with Gasteiger partial charge in [-0.1, -0.05) is 46.8 Å². The molecule has 0 heterocycles. The minimum Gasteiger partial charge on any atom is -0.395 e. The second-order valence-electron chi connectivity index (χ2n) is 5.99. The largest absolute Gasteiger partial charge is 0.395 e. The first kappa shape index (κ1) is 14.0. The molecule has 0 saturated heterocycles. The highest BCUT2D eigenvalue weighted by Crippen LogP contribution is 2.32. The Morgan fingerprint density at radius 1 is 1.12 bits per heavy atom. The zero-order chi connectivity index (χ0) is 12.6. The van der Waals surface area contributed by atoms with Gasteiger partial charge < -0.3 is 5.11 Å². The van der Waals surface area contributed by atoms with Gasteiger partial charge in [-0.15, -0.1) is 0 Å². The summed E-state index contributed by atoms with van der Waals surface area (Å²) in [5, 5.41) is 9.46. The molecule has 2 heteroatoms. The van der Waals surface area contributed by atoms with Crippen molar-refractivity contribution in [3.63, 3.8) is 0 Å². The van der Waals surface area contributed by atoms with Crippen molar-refractivity contribution in [2.75, 3.05) is 6.61 Å². The Bertz CT molecular complexity index is 375. The van der Waals surface area contributed by atoms with E-state index in [-0.39, 0.29) is 17.4 Å². The fraction of sp³-hybridized carbons (Fsp3) is 0.571. The van der Waals surface area contributed by atoms with Gasteiger partial charge in [0.05, 0.1) is 6.61 Å². The van der Waals surface area contributed by atoms with E-state index in [1.54, 1.807) is 0 Å². The van der Waals surface area contributed by atoms with Crippen LogP contribution in [0, 0.1) is 3.57 Å². The first-order valence-electron chi connectivity index (χ1n) is 5.60. The minimum absolute atomic E-state index is 0.157. The molecule has 0 amide bonds. The fourth-order valence-electron chi connectivity index (χ4n) is 1.60. The topological polar surface area (TPSA) is 20.2 Å². The summed E-state index contributed by atoms with van der Waals surface area (Å²) in [6.07, 6.45) is 0. The van der Waals surface area contributed by atoms with Crippen molar-refractivity contribution in [1.29, 1.82) is 0 Å². The third-order valence-corrected chi connectivity index (χ3v) is 3.90. The van der Waals surface area contributed by atoms with Gasteiger partial charge in [-0.25, -0.2) is 0 Å². The van der Waals surface area contributed by atoms with Crippen LogP contribution in [0.2, 0.25) is 0 Å². The lowest BCUT2D eigenvalue weighted by Crippen LogP contribution is -2.24. The third-order valence-electron chi connectivity index (χ3n) is 2.96. The lowest BCUT2D eigenvalue weighted by atomic mass is 9.80. The molecule has 90 valence electrons. The van der Waals surface area contributed by atoms with Gasteiger partial charge in [0, 0.05) is 8.99 Å². The predicted molar refractivity (Wildman–Crippen MR) is 78.0 cm³/mol. The van der Waals surface area contributed by atoms with Gasteiger partial charge in [0.1, 0.15) is 0 Å². The Morgan fingerprint density at radius 3 is 2.12 bits per heavy atom. The molecule has 0 fully saturated rings. The normalized spacial score (nSPS) is 12.9. The quantitative estimate of drug-likeness (QED) is 0.816. The maximum Gasteiger partial charge on any atom is 0.0522 e. The summed E-state index contributed by atoms with van der Waals surface area (Å²) in [5.41, 5.74) is 2.55. The molecule has 0 spiro atoms. The lowest BCUT2D eigenvalue weighted by molar-refractivity contribution is 0.218. The summed E-state index contributed by atoms with van der Waals surface area (Å²) in [6, 6.07) is 6.56. The fourth-order valence-corrected chi connectivity index (χ4v) is 2.66. The number of hydrogen-bond donors (Lipinski definition) is 1. The summed E-state index contributed by atoms with van der Waals surface area (Å²) >= 11 is 2.34. The molecule has 1 aromatic rings. The molecule has 0 bridgehead atoms. The highest BCUT2D eigenvalue weighted by Gasteiger charge is 2.24. The SMILES string of the molecule is CC(C)(C)c1ccc(I)c(C(C)(C)CO)c1. The highest BCUT2D eigenvalue weighted by molar-refractivity contribution is 14.1. The number of hydrogen-bond acceptors (Lipinski definition) is 1. The first-order chi connectivity index (χ1) is 7.18.